The molecule has 0 amide bonds. The third kappa shape index (κ3) is 4.50. The van der Waals surface area contributed by atoms with Gasteiger partial charge in [0.25, 0.3) is 0 Å². The number of hydrogen-bond donors (Lipinski definition) is 0. The molecule has 0 fully saturated rings. The zero-order valence-corrected chi connectivity index (χ0v) is 30.7. The van der Waals surface area contributed by atoms with Gasteiger partial charge in [-0.1, -0.05) is 159 Å². The minimum absolute atomic E-state index is 0.131. The molecule has 53 heavy (non-hydrogen) atoms. The summed E-state index contributed by atoms with van der Waals surface area (Å²) in [6.45, 7) is 9.14. The Balaban J connectivity index is 1.23. The van der Waals surface area contributed by atoms with Gasteiger partial charge in [-0.15, -0.1) is 0 Å². The quantitative estimate of drug-likeness (QED) is 0.175. The Morgan fingerprint density at radius 1 is 0.434 bits per heavy atom. The van der Waals surface area contributed by atoms with Crippen LogP contribution < -0.4 is 4.90 Å². The van der Waals surface area contributed by atoms with Crippen LogP contribution in [0.3, 0.4) is 0 Å². The fourth-order valence-electron chi connectivity index (χ4n) is 9.59. The van der Waals surface area contributed by atoms with Crippen LogP contribution in [0, 0.1) is 19.3 Å². The lowest BCUT2D eigenvalue weighted by Gasteiger charge is -2.35. The largest absolute Gasteiger partial charge is 0.313 e. The van der Waals surface area contributed by atoms with Crippen LogP contribution in [0.15, 0.2) is 182 Å². The summed E-state index contributed by atoms with van der Waals surface area (Å²) in [5.74, 6) is 0. The normalized spacial score (nSPS) is 16.9. The Bertz CT molecular complexity index is 2670. The second kappa shape index (κ2) is 11.7. The standard InChI is InChI=1S/C52H41N/c1-34-16-8-9-21-40(34)49-35(2)27-29-47-50(49)42-23-11-13-25-45(42)52(47)44-24-12-10-22-41(44)43-33-39(28-30-46(43)52)53(48-26-15-31-51(48,3)4)38-20-14-19-37(32-38)36-17-6-5-7-18-36/h5-33H,1-4H3. The average Bonchev–Trinajstić information content (AvgIpc) is 3.80. The summed E-state index contributed by atoms with van der Waals surface area (Å²) in [6, 6.07) is 58.9. The lowest BCUT2D eigenvalue weighted by molar-refractivity contribution is 0.578. The van der Waals surface area contributed by atoms with Crippen molar-refractivity contribution in [3.05, 3.63) is 215 Å². The van der Waals surface area contributed by atoms with Crippen molar-refractivity contribution in [3.63, 3.8) is 0 Å². The Hall–Kier alpha value is -6.18. The number of rotatable bonds is 5. The van der Waals surface area contributed by atoms with Gasteiger partial charge in [-0.2, -0.15) is 0 Å². The van der Waals surface area contributed by atoms with E-state index in [0.29, 0.717) is 0 Å². The molecule has 0 aromatic heterocycles. The molecule has 0 heterocycles. The molecule has 7 aromatic rings. The first-order valence-corrected chi connectivity index (χ1v) is 18.8. The van der Waals surface area contributed by atoms with Gasteiger partial charge in [0, 0.05) is 22.5 Å². The molecule has 3 aliphatic rings. The van der Waals surface area contributed by atoms with Crippen molar-refractivity contribution in [2.45, 2.75) is 33.1 Å². The van der Waals surface area contributed by atoms with Gasteiger partial charge in [-0.05, 0) is 122 Å². The van der Waals surface area contributed by atoms with E-state index in [-0.39, 0.29) is 5.41 Å². The van der Waals surface area contributed by atoms with E-state index in [0.717, 1.165) is 5.69 Å². The highest BCUT2D eigenvalue weighted by atomic mass is 15.2. The first kappa shape index (κ1) is 31.5. The maximum atomic E-state index is 2.48. The van der Waals surface area contributed by atoms with E-state index in [4.69, 9.17) is 0 Å². The van der Waals surface area contributed by atoms with E-state index in [9.17, 15) is 0 Å². The van der Waals surface area contributed by atoms with Crippen molar-refractivity contribution >= 4 is 11.4 Å². The van der Waals surface area contributed by atoms with E-state index in [1.165, 1.54) is 89.3 Å². The molecule has 3 aliphatic carbocycles. The molecule has 254 valence electrons. The molecule has 0 radical (unpaired) electrons. The van der Waals surface area contributed by atoms with Gasteiger partial charge in [-0.3, -0.25) is 0 Å². The van der Waals surface area contributed by atoms with Crippen LogP contribution >= 0.6 is 0 Å². The van der Waals surface area contributed by atoms with E-state index in [1.54, 1.807) is 0 Å². The van der Waals surface area contributed by atoms with Crippen molar-refractivity contribution in [1.29, 1.82) is 0 Å². The highest BCUT2D eigenvalue weighted by Crippen LogP contribution is 2.65. The minimum Gasteiger partial charge on any atom is -0.313 e. The lowest BCUT2D eigenvalue weighted by Crippen LogP contribution is -2.27. The van der Waals surface area contributed by atoms with E-state index in [1.807, 2.05) is 0 Å². The zero-order chi connectivity index (χ0) is 35.9. The molecule has 1 heteroatoms. The molecule has 0 saturated heterocycles. The average molecular weight is 680 g/mol. The number of fused-ring (bicyclic) bond motifs is 10. The van der Waals surface area contributed by atoms with Gasteiger partial charge in [0.1, 0.15) is 0 Å². The molecule has 7 aromatic carbocycles. The fraction of sp³-hybridized carbons (Fsp3) is 0.115. The fourth-order valence-corrected chi connectivity index (χ4v) is 9.59. The maximum absolute atomic E-state index is 2.48. The first-order chi connectivity index (χ1) is 25.9. The highest BCUT2D eigenvalue weighted by molar-refractivity contribution is 6.01. The molecule has 0 N–H and O–H groups in total. The van der Waals surface area contributed by atoms with E-state index < -0.39 is 5.41 Å². The molecule has 1 atom stereocenters. The molecule has 1 spiro atoms. The lowest BCUT2D eigenvalue weighted by atomic mass is 9.70. The predicted octanol–water partition coefficient (Wildman–Crippen LogP) is 13.6. The summed E-state index contributed by atoms with van der Waals surface area (Å²) in [4.78, 5) is 2.48. The smallest absolute Gasteiger partial charge is 0.0725 e. The SMILES string of the molecule is Cc1ccccc1-c1c(C)ccc2c1-c1ccccc1C21c2ccccc2-c2cc(N(C3=CC=CC3(C)C)c3cccc(-c4ccccc4)c3)ccc21. The Labute approximate surface area is 313 Å². The van der Waals surface area contributed by atoms with Crippen LogP contribution in [0.25, 0.3) is 44.5 Å². The van der Waals surface area contributed by atoms with Gasteiger partial charge in [0.15, 0.2) is 0 Å². The van der Waals surface area contributed by atoms with Gasteiger partial charge in [-0.25, -0.2) is 0 Å². The number of aryl methyl sites for hydroxylation is 2. The van der Waals surface area contributed by atoms with Crippen molar-refractivity contribution < 1.29 is 0 Å². The molecule has 1 unspecified atom stereocenters. The molecular weight excluding hydrogens is 639 g/mol. The summed E-state index contributed by atoms with van der Waals surface area (Å²) in [6.07, 6.45) is 6.81. The monoisotopic (exact) mass is 679 g/mol. The van der Waals surface area contributed by atoms with Gasteiger partial charge < -0.3 is 4.90 Å². The van der Waals surface area contributed by atoms with Crippen molar-refractivity contribution in [2.75, 3.05) is 4.90 Å². The third-order valence-corrected chi connectivity index (χ3v) is 12.0. The van der Waals surface area contributed by atoms with Gasteiger partial charge in [0.2, 0.25) is 0 Å². The topological polar surface area (TPSA) is 3.24 Å². The van der Waals surface area contributed by atoms with Crippen molar-refractivity contribution in [2.24, 2.45) is 5.41 Å². The number of allylic oxidation sites excluding steroid dienone is 3. The second-order valence-corrected chi connectivity index (χ2v) is 15.5. The van der Waals surface area contributed by atoms with Gasteiger partial charge >= 0.3 is 0 Å². The first-order valence-electron chi connectivity index (χ1n) is 18.8. The Morgan fingerprint density at radius 3 is 1.81 bits per heavy atom. The Morgan fingerprint density at radius 2 is 1.06 bits per heavy atom. The van der Waals surface area contributed by atoms with Crippen molar-refractivity contribution in [3.8, 4) is 44.5 Å². The van der Waals surface area contributed by atoms with Crippen LogP contribution in [0.2, 0.25) is 0 Å². The van der Waals surface area contributed by atoms with Crippen LogP contribution in [0.5, 0.6) is 0 Å². The molecule has 0 bridgehead atoms. The van der Waals surface area contributed by atoms with Crippen LogP contribution in [-0.4, -0.2) is 0 Å². The molecule has 10 rings (SSSR count). The summed E-state index contributed by atoms with van der Waals surface area (Å²) < 4.78 is 0. The molecule has 1 nitrogen and oxygen atoms in total. The number of nitrogens with zero attached hydrogens (tertiary/aromatic N) is 1. The molecule has 0 aliphatic heterocycles. The molecule has 0 saturated carbocycles. The number of benzene rings is 7. The number of anilines is 2. The second-order valence-electron chi connectivity index (χ2n) is 15.5. The summed E-state index contributed by atoms with van der Waals surface area (Å²) in [5.41, 5.74) is 21.5. The third-order valence-electron chi connectivity index (χ3n) is 12.0. The summed E-state index contributed by atoms with van der Waals surface area (Å²) >= 11 is 0. The van der Waals surface area contributed by atoms with E-state index >= 15 is 0 Å². The Kier molecular flexibility index (Phi) is 6.94. The van der Waals surface area contributed by atoms with E-state index in [2.05, 4.69) is 209 Å². The number of hydrogen-bond acceptors (Lipinski definition) is 1. The summed E-state index contributed by atoms with van der Waals surface area (Å²) in [7, 11) is 0. The maximum Gasteiger partial charge on any atom is 0.0725 e. The predicted molar refractivity (Wildman–Crippen MR) is 223 cm³/mol. The molecular formula is C52H41N. The van der Waals surface area contributed by atoms with Crippen LogP contribution in [0.1, 0.15) is 47.2 Å². The van der Waals surface area contributed by atoms with Gasteiger partial charge in [0.05, 0.1) is 5.41 Å². The van der Waals surface area contributed by atoms with Crippen LogP contribution in [0.4, 0.5) is 11.4 Å². The van der Waals surface area contributed by atoms with Crippen molar-refractivity contribution in [1.82, 2.24) is 0 Å². The zero-order valence-electron chi connectivity index (χ0n) is 30.7. The minimum atomic E-state index is -0.424. The highest BCUT2D eigenvalue weighted by Gasteiger charge is 2.52. The summed E-state index contributed by atoms with van der Waals surface area (Å²) in [5, 5.41) is 0. The van der Waals surface area contributed by atoms with Crippen LogP contribution in [-0.2, 0) is 5.41 Å².